The third-order valence-electron chi connectivity index (χ3n) is 2.19. The number of nitrogens with zero attached hydrogens (tertiary/aromatic N) is 1. The molecule has 0 aliphatic rings. The Morgan fingerprint density at radius 1 is 1.56 bits per heavy atom. The number of hydrogen-bond acceptors (Lipinski definition) is 5. The molecule has 0 fully saturated rings. The molecule has 7 heteroatoms. The van der Waals surface area contributed by atoms with Gasteiger partial charge in [-0.25, -0.2) is 9.78 Å². The topological polar surface area (TPSA) is 88.2 Å². The van der Waals surface area contributed by atoms with Crippen LogP contribution in [0.25, 0.3) is 0 Å². The lowest BCUT2D eigenvalue weighted by atomic mass is 10.1. The highest BCUT2D eigenvalue weighted by molar-refractivity contribution is 7.13. The minimum Gasteiger partial charge on any atom is -0.478 e. The number of carbonyl (C=O) groups is 1. The molecule has 1 aromatic carbocycles. The van der Waals surface area contributed by atoms with E-state index in [0.29, 0.717) is 16.5 Å². The average Bonchev–Trinajstić information content (AvgIpc) is 2.67. The van der Waals surface area contributed by atoms with Crippen LogP contribution >= 0.6 is 22.9 Å². The van der Waals surface area contributed by atoms with Crippen LogP contribution in [0.4, 0.5) is 16.5 Å². The summed E-state index contributed by atoms with van der Waals surface area (Å²) in [7, 11) is 0. The van der Waals surface area contributed by atoms with E-state index in [4.69, 9.17) is 22.4 Å². The minimum atomic E-state index is -1.10. The van der Waals surface area contributed by atoms with Crippen molar-refractivity contribution in [1.82, 2.24) is 4.98 Å². The van der Waals surface area contributed by atoms with Crippen LogP contribution in [0, 0.1) is 6.92 Å². The lowest BCUT2D eigenvalue weighted by Crippen LogP contribution is -2.04. The second-order valence-corrected chi connectivity index (χ2v) is 4.91. The summed E-state index contributed by atoms with van der Waals surface area (Å²) in [5, 5.41) is 14.7. The molecule has 0 spiro atoms. The van der Waals surface area contributed by atoms with Gasteiger partial charge < -0.3 is 16.2 Å². The third kappa shape index (κ3) is 2.55. The Morgan fingerprint density at radius 3 is 2.83 bits per heavy atom. The van der Waals surface area contributed by atoms with Crippen LogP contribution in [0.15, 0.2) is 17.5 Å². The summed E-state index contributed by atoms with van der Waals surface area (Å²) in [6.07, 6.45) is 0. The van der Waals surface area contributed by atoms with Gasteiger partial charge in [0, 0.05) is 11.1 Å². The zero-order valence-electron chi connectivity index (χ0n) is 9.40. The lowest BCUT2D eigenvalue weighted by Gasteiger charge is -2.10. The molecule has 0 amide bonds. The van der Waals surface area contributed by atoms with Gasteiger partial charge in [-0.05, 0) is 19.1 Å². The highest BCUT2D eigenvalue weighted by Crippen LogP contribution is 2.32. The number of carboxylic acid groups (broad SMARTS) is 1. The Kier molecular flexibility index (Phi) is 3.40. The number of nitrogens with one attached hydrogen (secondary N) is 1. The summed E-state index contributed by atoms with van der Waals surface area (Å²) in [4.78, 5) is 15.3. The molecule has 4 N–H and O–H groups in total. The fourth-order valence-electron chi connectivity index (χ4n) is 1.44. The average molecular weight is 284 g/mol. The van der Waals surface area contributed by atoms with Gasteiger partial charge in [-0.3, -0.25) is 0 Å². The molecule has 5 nitrogen and oxygen atoms in total. The molecule has 0 aliphatic carbocycles. The summed E-state index contributed by atoms with van der Waals surface area (Å²) in [6.45, 7) is 1.85. The predicted octanol–water partition coefficient (Wildman–Crippen LogP) is 3.13. The maximum atomic E-state index is 11.2. The van der Waals surface area contributed by atoms with Crippen molar-refractivity contribution in [2.24, 2.45) is 0 Å². The van der Waals surface area contributed by atoms with Crippen molar-refractivity contribution in [1.29, 1.82) is 0 Å². The molecule has 0 atom stereocenters. The second-order valence-electron chi connectivity index (χ2n) is 3.65. The van der Waals surface area contributed by atoms with Crippen LogP contribution < -0.4 is 11.1 Å². The molecule has 94 valence electrons. The lowest BCUT2D eigenvalue weighted by molar-refractivity contribution is 0.0698. The molecule has 0 saturated carbocycles. The van der Waals surface area contributed by atoms with Crippen molar-refractivity contribution in [2.75, 3.05) is 11.1 Å². The molecule has 1 heterocycles. The van der Waals surface area contributed by atoms with Crippen molar-refractivity contribution in [2.45, 2.75) is 6.92 Å². The SMILES string of the molecule is Cc1csc(Nc2c(Cl)cc(N)cc2C(=O)O)n1. The van der Waals surface area contributed by atoms with Gasteiger partial charge in [-0.2, -0.15) is 0 Å². The van der Waals surface area contributed by atoms with E-state index in [0.717, 1.165) is 5.69 Å². The molecule has 2 rings (SSSR count). The van der Waals surface area contributed by atoms with Crippen molar-refractivity contribution in [3.63, 3.8) is 0 Å². The first-order valence-corrected chi connectivity index (χ1v) is 6.24. The van der Waals surface area contributed by atoms with Gasteiger partial charge in [-0.1, -0.05) is 11.6 Å². The molecule has 1 aromatic heterocycles. The number of thiazole rings is 1. The van der Waals surface area contributed by atoms with E-state index >= 15 is 0 Å². The van der Waals surface area contributed by atoms with Crippen LogP contribution in [0.1, 0.15) is 16.1 Å². The molecule has 0 radical (unpaired) electrons. The highest BCUT2D eigenvalue weighted by Gasteiger charge is 2.16. The first kappa shape index (κ1) is 12.7. The standard InChI is InChI=1S/C11H10ClN3O2S/c1-5-4-18-11(14-5)15-9-7(10(16)17)2-6(13)3-8(9)12/h2-4H,13H2,1H3,(H,14,15)(H,16,17). The number of halogens is 1. The number of benzene rings is 1. The Labute approximate surface area is 112 Å². The number of nitrogen functional groups attached to an aromatic ring is 1. The Hall–Kier alpha value is -1.79. The van der Waals surface area contributed by atoms with E-state index in [1.807, 2.05) is 12.3 Å². The quantitative estimate of drug-likeness (QED) is 0.753. The van der Waals surface area contributed by atoms with Gasteiger partial charge in [0.15, 0.2) is 5.13 Å². The number of anilines is 3. The van der Waals surface area contributed by atoms with E-state index < -0.39 is 5.97 Å². The van der Waals surface area contributed by atoms with Crippen molar-refractivity contribution >= 4 is 45.4 Å². The Morgan fingerprint density at radius 2 is 2.28 bits per heavy atom. The molecular formula is C11H10ClN3O2S. The zero-order valence-corrected chi connectivity index (χ0v) is 11.0. The normalized spacial score (nSPS) is 10.3. The molecule has 18 heavy (non-hydrogen) atoms. The fourth-order valence-corrected chi connectivity index (χ4v) is 2.41. The van der Waals surface area contributed by atoms with Crippen LogP contribution in [-0.2, 0) is 0 Å². The Bertz CT molecular complexity index is 612. The summed E-state index contributed by atoms with van der Waals surface area (Å²) in [5.41, 5.74) is 7.05. The van der Waals surface area contributed by atoms with Crippen molar-refractivity contribution in [3.8, 4) is 0 Å². The highest BCUT2D eigenvalue weighted by atomic mass is 35.5. The van der Waals surface area contributed by atoms with E-state index in [-0.39, 0.29) is 10.6 Å². The van der Waals surface area contributed by atoms with Crippen molar-refractivity contribution < 1.29 is 9.90 Å². The monoisotopic (exact) mass is 283 g/mol. The van der Waals surface area contributed by atoms with Crippen LogP contribution in [0.3, 0.4) is 0 Å². The molecular weight excluding hydrogens is 274 g/mol. The van der Waals surface area contributed by atoms with Gasteiger partial charge in [0.1, 0.15) is 0 Å². The number of aromatic nitrogens is 1. The van der Waals surface area contributed by atoms with Gasteiger partial charge in [-0.15, -0.1) is 11.3 Å². The van der Waals surface area contributed by atoms with Crippen LogP contribution in [0.2, 0.25) is 5.02 Å². The number of hydrogen-bond donors (Lipinski definition) is 3. The van der Waals surface area contributed by atoms with Crippen LogP contribution in [0.5, 0.6) is 0 Å². The van der Waals surface area contributed by atoms with Crippen molar-refractivity contribution in [3.05, 3.63) is 33.8 Å². The van der Waals surface area contributed by atoms with E-state index in [1.165, 1.54) is 23.5 Å². The smallest absolute Gasteiger partial charge is 0.337 e. The first-order valence-electron chi connectivity index (χ1n) is 4.99. The summed E-state index contributed by atoms with van der Waals surface area (Å²) >= 11 is 7.38. The van der Waals surface area contributed by atoms with E-state index in [2.05, 4.69) is 10.3 Å². The van der Waals surface area contributed by atoms with Gasteiger partial charge in [0.2, 0.25) is 0 Å². The summed E-state index contributed by atoms with van der Waals surface area (Å²) in [5.74, 6) is -1.10. The van der Waals surface area contributed by atoms with Gasteiger partial charge in [0.25, 0.3) is 0 Å². The molecule has 0 unspecified atom stereocenters. The molecule has 0 aliphatic heterocycles. The number of rotatable bonds is 3. The predicted molar refractivity (Wildman–Crippen MR) is 73.0 cm³/mol. The molecule has 0 bridgehead atoms. The van der Waals surface area contributed by atoms with Gasteiger partial charge in [0.05, 0.1) is 22.0 Å². The Balaban J connectivity index is 2.46. The maximum Gasteiger partial charge on any atom is 0.337 e. The second kappa shape index (κ2) is 4.83. The maximum absolute atomic E-state index is 11.2. The molecule has 0 saturated heterocycles. The number of aromatic carboxylic acids is 1. The van der Waals surface area contributed by atoms with Gasteiger partial charge >= 0.3 is 5.97 Å². The van der Waals surface area contributed by atoms with E-state index in [1.54, 1.807) is 0 Å². The number of aryl methyl sites for hydroxylation is 1. The third-order valence-corrected chi connectivity index (χ3v) is 3.37. The number of nitrogens with two attached hydrogens (primary N) is 1. The minimum absolute atomic E-state index is 0.0212. The van der Waals surface area contributed by atoms with Crippen LogP contribution in [-0.4, -0.2) is 16.1 Å². The first-order chi connectivity index (χ1) is 8.47. The molecule has 2 aromatic rings. The number of carboxylic acids is 1. The fraction of sp³-hybridized carbons (Fsp3) is 0.0909. The summed E-state index contributed by atoms with van der Waals surface area (Å²) in [6, 6.07) is 2.85. The zero-order chi connectivity index (χ0) is 13.3. The summed E-state index contributed by atoms with van der Waals surface area (Å²) < 4.78 is 0. The van der Waals surface area contributed by atoms with E-state index in [9.17, 15) is 4.79 Å². The largest absolute Gasteiger partial charge is 0.478 e.